The predicted octanol–water partition coefficient (Wildman–Crippen LogP) is 4.58. The van der Waals surface area contributed by atoms with Crippen LogP contribution in [-0.4, -0.2) is 63.4 Å². The number of rotatable bonds is 5. The topological polar surface area (TPSA) is 110 Å². The van der Waals surface area contributed by atoms with Gasteiger partial charge in [0.15, 0.2) is 17.0 Å². The standard InChI is InChI=1S/C27H27Cl2N7O2/c1-27(26(30)38)12-14-35(15-13-27)23-20-24(33-21(32-23)25(37)34(2)3)36(17-10-8-16(28)9-11-17)22(31-20)18-6-4-5-7-19(18)29/h4-11H,12-15H2,1-3H3,(H2,30,38). The van der Waals surface area contributed by atoms with E-state index in [1.165, 1.54) is 4.90 Å². The summed E-state index contributed by atoms with van der Waals surface area (Å²) in [5.74, 6) is 0.461. The van der Waals surface area contributed by atoms with Crippen LogP contribution in [0.25, 0.3) is 28.2 Å². The van der Waals surface area contributed by atoms with Crippen LogP contribution in [0.1, 0.15) is 30.4 Å². The van der Waals surface area contributed by atoms with Gasteiger partial charge in [-0.15, -0.1) is 0 Å². The van der Waals surface area contributed by atoms with Crippen LogP contribution in [0, 0.1) is 5.41 Å². The summed E-state index contributed by atoms with van der Waals surface area (Å²) in [4.78, 5) is 43.0. The zero-order valence-electron chi connectivity index (χ0n) is 21.3. The van der Waals surface area contributed by atoms with Crippen LogP contribution in [0.3, 0.4) is 0 Å². The SMILES string of the molecule is CN(C)C(=O)c1nc(N2CCC(C)(C(N)=O)CC2)c2nc(-c3ccccc3Cl)n(-c3ccc(Cl)cc3)c2n1. The molecule has 2 N–H and O–H groups in total. The van der Waals surface area contributed by atoms with E-state index in [-0.39, 0.29) is 17.6 Å². The van der Waals surface area contributed by atoms with E-state index in [0.29, 0.717) is 64.3 Å². The molecule has 0 aliphatic carbocycles. The molecule has 0 bridgehead atoms. The summed E-state index contributed by atoms with van der Waals surface area (Å²) in [6.45, 7) is 2.93. The number of nitrogens with zero attached hydrogens (tertiary/aromatic N) is 6. The largest absolute Gasteiger partial charge is 0.369 e. The molecular weight excluding hydrogens is 525 g/mol. The van der Waals surface area contributed by atoms with Crippen LogP contribution >= 0.6 is 23.2 Å². The maximum atomic E-state index is 13.1. The normalized spacial score (nSPS) is 15.0. The van der Waals surface area contributed by atoms with Crippen molar-refractivity contribution in [2.24, 2.45) is 11.1 Å². The van der Waals surface area contributed by atoms with Crippen molar-refractivity contribution in [3.8, 4) is 17.1 Å². The number of hydrogen-bond acceptors (Lipinski definition) is 6. The molecule has 0 unspecified atom stereocenters. The Morgan fingerprint density at radius 1 is 0.974 bits per heavy atom. The van der Waals surface area contributed by atoms with Gasteiger partial charge < -0.3 is 15.5 Å². The minimum Gasteiger partial charge on any atom is -0.369 e. The highest BCUT2D eigenvalue weighted by atomic mass is 35.5. The van der Waals surface area contributed by atoms with Gasteiger partial charge in [0.1, 0.15) is 5.82 Å². The van der Waals surface area contributed by atoms with Gasteiger partial charge in [0.2, 0.25) is 11.7 Å². The van der Waals surface area contributed by atoms with Crippen molar-refractivity contribution in [2.75, 3.05) is 32.1 Å². The van der Waals surface area contributed by atoms with E-state index in [9.17, 15) is 9.59 Å². The third-order valence-corrected chi connectivity index (χ3v) is 7.63. The first-order valence-electron chi connectivity index (χ1n) is 12.2. The van der Waals surface area contributed by atoms with Crippen molar-refractivity contribution in [1.29, 1.82) is 0 Å². The number of primary amides is 1. The highest BCUT2D eigenvalue weighted by molar-refractivity contribution is 6.33. The van der Waals surface area contributed by atoms with E-state index in [2.05, 4.69) is 0 Å². The van der Waals surface area contributed by atoms with E-state index in [4.69, 9.17) is 43.9 Å². The lowest BCUT2D eigenvalue weighted by Crippen LogP contribution is -2.46. The van der Waals surface area contributed by atoms with Gasteiger partial charge in [-0.2, -0.15) is 0 Å². The summed E-state index contributed by atoms with van der Waals surface area (Å²) < 4.78 is 1.86. The minimum absolute atomic E-state index is 0.0431. The van der Waals surface area contributed by atoms with Crippen molar-refractivity contribution in [2.45, 2.75) is 19.8 Å². The number of aromatic nitrogens is 4. The van der Waals surface area contributed by atoms with Crippen LogP contribution < -0.4 is 10.6 Å². The number of nitrogens with two attached hydrogens (primary N) is 1. The van der Waals surface area contributed by atoms with Crippen LogP contribution in [0.15, 0.2) is 48.5 Å². The van der Waals surface area contributed by atoms with Gasteiger partial charge in [-0.1, -0.05) is 42.3 Å². The van der Waals surface area contributed by atoms with E-state index in [1.807, 2.05) is 46.7 Å². The molecule has 5 rings (SSSR count). The average molecular weight is 552 g/mol. The van der Waals surface area contributed by atoms with Gasteiger partial charge in [0.05, 0.1) is 5.02 Å². The molecule has 1 fully saturated rings. The first-order chi connectivity index (χ1) is 18.1. The van der Waals surface area contributed by atoms with Gasteiger partial charge >= 0.3 is 0 Å². The van der Waals surface area contributed by atoms with Crippen LogP contribution in [0.5, 0.6) is 0 Å². The molecule has 38 heavy (non-hydrogen) atoms. The third-order valence-electron chi connectivity index (χ3n) is 7.05. The number of fused-ring (bicyclic) bond motifs is 1. The molecule has 2 aromatic carbocycles. The smallest absolute Gasteiger partial charge is 0.291 e. The van der Waals surface area contributed by atoms with Gasteiger partial charge in [0.25, 0.3) is 5.91 Å². The number of carbonyl (C=O) groups excluding carboxylic acids is 2. The molecule has 9 nitrogen and oxygen atoms in total. The average Bonchev–Trinajstić information content (AvgIpc) is 3.28. The molecular formula is C27H27Cl2N7O2. The molecule has 0 atom stereocenters. The van der Waals surface area contributed by atoms with E-state index >= 15 is 0 Å². The molecule has 1 saturated heterocycles. The van der Waals surface area contributed by atoms with Gasteiger partial charge in [-0.3, -0.25) is 14.2 Å². The summed E-state index contributed by atoms with van der Waals surface area (Å²) in [6, 6.07) is 14.7. The van der Waals surface area contributed by atoms with Crippen molar-refractivity contribution in [3.63, 3.8) is 0 Å². The zero-order valence-corrected chi connectivity index (χ0v) is 22.8. The Labute approximate surface area is 230 Å². The van der Waals surface area contributed by atoms with E-state index < -0.39 is 5.41 Å². The van der Waals surface area contributed by atoms with E-state index in [1.54, 1.807) is 32.3 Å². The lowest BCUT2D eigenvalue weighted by atomic mass is 9.80. The fraction of sp³-hybridized carbons (Fsp3) is 0.296. The second-order valence-corrected chi connectivity index (χ2v) is 10.7. The summed E-state index contributed by atoms with van der Waals surface area (Å²) in [6.07, 6.45) is 1.11. The Balaban J connectivity index is 1.78. The molecule has 2 aromatic heterocycles. The molecule has 196 valence electrons. The highest BCUT2D eigenvalue weighted by Gasteiger charge is 2.37. The fourth-order valence-corrected chi connectivity index (χ4v) is 4.92. The molecule has 4 aromatic rings. The van der Waals surface area contributed by atoms with Crippen molar-refractivity contribution < 1.29 is 9.59 Å². The first-order valence-corrected chi connectivity index (χ1v) is 12.9. The Hall–Kier alpha value is -3.69. The summed E-state index contributed by atoms with van der Waals surface area (Å²) in [7, 11) is 3.31. The second-order valence-electron chi connectivity index (χ2n) is 9.88. The van der Waals surface area contributed by atoms with Gasteiger partial charge in [-0.25, -0.2) is 15.0 Å². The Morgan fingerprint density at radius 3 is 2.24 bits per heavy atom. The van der Waals surface area contributed by atoms with Crippen LogP contribution in [0.2, 0.25) is 10.0 Å². The first kappa shape index (κ1) is 25.9. The molecule has 0 radical (unpaired) electrons. The molecule has 11 heteroatoms. The fourth-order valence-electron chi connectivity index (χ4n) is 4.58. The number of amides is 2. The molecule has 1 aliphatic heterocycles. The Kier molecular flexibility index (Phi) is 6.75. The van der Waals surface area contributed by atoms with Crippen LogP contribution in [-0.2, 0) is 4.79 Å². The van der Waals surface area contributed by atoms with Crippen molar-refractivity contribution in [3.05, 3.63) is 64.4 Å². The van der Waals surface area contributed by atoms with E-state index in [0.717, 1.165) is 5.69 Å². The lowest BCUT2D eigenvalue weighted by molar-refractivity contribution is -0.127. The van der Waals surface area contributed by atoms with Crippen molar-refractivity contribution >= 4 is 52.0 Å². The van der Waals surface area contributed by atoms with Gasteiger partial charge in [0, 0.05) is 48.9 Å². The molecule has 0 spiro atoms. The number of anilines is 1. The van der Waals surface area contributed by atoms with Crippen molar-refractivity contribution in [1.82, 2.24) is 24.4 Å². The quantitative estimate of drug-likeness (QED) is 0.388. The molecule has 0 saturated carbocycles. The highest BCUT2D eigenvalue weighted by Crippen LogP contribution is 2.38. The lowest BCUT2D eigenvalue weighted by Gasteiger charge is -2.37. The Morgan fingerprint density at radius 2 is 1.63 bits per heavy atom. The molecule has 2 amide bonds. The second kappa shape index (κ2) is 9.89. The number of carbonyl (C=O) groups is 2. The maximum absolute atomic E-state index is 13.1. The monoisotopic (exact) mass is 551 g/mol. The third kappa shape index (κ3) is 4.56. The van der Waals surface area contributed by atoms with Crippen LogP contribution in [0.4, 0.5) is 5.82 Å². The number of halogens is 2. The predicted molar refractivity (Wildman–Crippen MR) is 149 cm³/mol. The number of piperidine rings is 1. The zero-order chi connectivity index (χ0) is 27.2. The number of benzene rings is 2. The maximum Gasteiger partial charge on any atom is 0.291 e. The summed E-state index contributed by atoms with van der Waals surface area (Å²) in [5, 5.41) is 1.11. The summed E-state index contributed by atoms with van der Waals surface area (Å²) in [5.41, 5.74) is 7.51. The molecule has 1 aliphatic rings. The molecule has 3 heterocycles. The summed E-state index contributed by atoms with van der Waals surface area (Å²) >= 11 is 12.8. The number of imidazole rings is 1. The number of hydrogen-bond donors (Lipinski definition) is 1. The minimum atomic E-state index is -0.601. The Bertz CT molecular complexity index is 1540. The van der Waals surface area contributed by atoms with Gasteiger partial charge in [-0.05, 0) is 49.2 Å².